The van der Waals surface area contributed by atoms with Gasteiger partial charge in [-0.3, -0.25) is 10.1 Å². The molecule has 1 atom stereocenters. The lowest BCUT2D eigenvalue weighted by Gasteiger charge is -2.14. The molecule has 0 heterocycles. The Kier molecular flexibility index (Phi) is 4.39. The van der Waals surface area contributed by atoms with Crippen molar-refractivity contribution in [1.82, 2.24) is 0 Å². The zero-order valence-electron chi connectivity index (χ0n) is 9.46. The van der Waals surface area contributed by atoms with Crippen molar-refractivity contribution in [3.05, 3.63) is 58.2 Å². The molecule has 0 aromatic heterocycles. The number of benzene rings is 1. The summed E-state index contributed by atoms with van der Waals surface area (Å²) in [5.74, 6) is -0.624. The maximum Gasteiger partial charge on any atom is 0.333 e. The molecule has 5 nitrogen and oxygen atoms in total. The minimum Gasteiger partial charge on any atom is -0.447 e. The number of hydrogen-bond acceptors (Lipinski definition) is 4. The zero-order valence-corrected chi connectivity index (χ0v) is 9.46. The fraction of sp³-hybridized carbons (Fsp3) is 0.250. The van der Waals surface area contributed by atoms with Gasteiger partial charge in [0.05, 0.1) is 0 Å². The first kappa shape index (κ1) is 12.9. The number of hydrogen-bond donors (Lipinski definition) is 0. The summed E-state index contributed by atoms with van der Waals surface area (Å²) in [7, 11) is 0. The number of nitrogens with zero attached hydrogens (tertiary/aromatic N) is 1. The van der Waals surface area contributed by atoms with Gasteiger partial charge in [0, 0.05) is 10.5 Å². The Hall–Kier alpha value is -2.17. The van der Waals surface area contributed by atoms with Crippen LogP contribution >= 0.6 is 0 Å². The van der Waals surface area contributed by atoms with E-state index in [2.05, 4.69) is 6.58 Å². The molecule has 5 heteroatoms. The minimum absolute atomic E-state index is 0.217. The van der Waals surface area contributed by atoms with Crippen molar-refractivity contribution in [2.45, 2.75) is 13.0 Å². The number of carbonyl (C=O) groups excluding carboxylic acids is 1. The highest BCUT2D eigenvalue weighted by Gasteiger charge is 2.22. The SMILES string of the molecule is C=C(C)C(=O)OC(C[N+](=O)[O-])c1ccccc1. The summed E-state index contributed by atoms with van der Waals surface area (Å²) >= 11 is 0. The summed E-state index contributed by atoms with van der Waals surface area (Å²) in [5.41, 5.74) is 0.813. The Morgan fingerprint density at radius 3 is 2.53 bits per heavy atom. The van der Waals surface area contributed by atoms with E-state index in [9.17, 15) is 14.9 Å². The van der Waals surface area contributed by atoms with Crippen molar-refractivity contribution in [3.63, 3.8) is 0 Å². The van der Waals surface area contributed by atoms with Gasteiger partial charge in [0.2, 0.25) is 6.54 Å². The lowest BCUT2D eigenvalue weighted by Crippen LogP contribution is -2.19. The van der Waals surface area contributed by atoms with Crippen molar-refractivity contribution in [1.29, 1.82) is 0 Å². The quantitative estimate of drug-likeness (QED) is 0.339. The molecule has 0 fully saturated rings. The van der Waals surface area contributed by atoms with Gasteiger partial charge in [-0.25, -0.2) is 4.79 Å². The van der Waals surface area contributed by atoms with Crippen LogP contribution in [0.3, 0.4) is 0 Å². The number of esters is 1. The van der Waals surface area contributed by atoms with Gasteiger partial charge in [-0.1, -0.05) is 36.9 Å². The van der Waals surface area contributed by atoms with E-state index in [4.69, 9.17) is 4.74 Å². The Balaban J connectivity index is 2.85. The van der Waals surface area contributed by atoms with Crippen LogP contribution < -0.4 is 0 Å². The standard InChI is InChI=1S/C12H13NO4/c1-9(2)12(14)17-11(8-13(15)16)10-6-4-3-5-7-10/h3-7,11H,1,8H2,2H3. The van der Waals surface area contributed by atoms with Crippen LogP contribution in [0.25, 0.3) is 0 Å². The minimum atomic E-state index is -0.879. The van der Waals surface area contributed by atoms with Crippen molar-refractivity contribution >= 4 is 5.97 Å². The van der Waals surface area contributed by atoms with Crippen LogP contribution in [0.1, 0.15) is 18.6 Å². The molecule has 0 saturated heterocycles. The molecular formula is C12H13NO4. The molecule has 0 aliphatic heterocycles. The summed E-state index contributed by atoms with van der Waals surface area (Å²) < 4.78 is 5.03. The van der Waals surface area contributed by atoms with Crippen molar-refractivity contribution < 1.29 is 14.5 Å². The van der Waals surface area contributed by atoms with Gasteiger partial charge in [-0.05, 0) is 12.5 Å². The maximum atomic E-state index is 11.4. The summed E-state index contributed by atoms with van der Waals surface area (Å²) in [6.45, 7) is 4.48. The molecule has 17 heavy (non-hydrogen) atoms. The molecule has 1 rings (SSSR count). The Morgan fingerprint density at radius 2 is 2.06 bits per heavy atom. The average molecular weight is 235 g/mol. The van der Waals surface area contributed by atoms with E-state index in [1.807, 2.05) is 0 Å². The Bertz CT molecular complexity index is 427. The fourth-order valence-corrected chi connectivity index (χ4v) is 1.24. The molecule has 0 amide bonds. The Morgan fingerprint density at radius 1 is 1.47 bits per heavy atom. The molecule has 1 aromatic carbocycles. The molecule has 0 spiro atoms. The maximum absolute atomic E-state index is 11.4. The van der Waals surface area contributed by atoms with Crippen LogP contribution in [0.5, 0.6) is 0 Å². The Labute approximate surface area is 98.9 Å². The second-order valence-corrected chi connectivity index (χ2v) is 3.60. The van der Waals surface area contributed by atoms with E-state index >= 15 is 0 Å². The zero-order chi connectivity index (χ0) is 12.8. The highest BCUT2D eigenvalue weighted by atomic mass is 16.6. The predicted molar refractivity (Wildman–Crippen MR) is 62.0 cm³/mol. The van der Waals surface area contributed by atoms with E-state index in [0.717, 1.165) is 0 Å². The second kappa shape index (κ2) is 5.79. The van der Waals surface area contributed by atoms with E-state index in [1.165, 1.54) is 6.92 Å². The molecule has 1 unspecified atom stereocenters. The molecular weight excluding hydrogens is 222 g/mol. The molecule has 1 aromatic rings. The van der Waals surface area contributed by atoms with Gasteiger partial charge in [0.15, 0.2) is 6.10 Å². The lowest BCUT2D eigenvalue weighted by atomic mass is 10.1. The van der Waals surface area contributed by atoms with Crippen LogP contribution in [0, 0.1) is 10.1 Å². The summed E-state index contributed by atoms with van der Waals surface area (Å²) in [6.07, 6.45) is -0.879. The first-order valence-corrected chi connectivity index (χ1v) is 5.04. The van der Waals surface area contributed by atoms with Crippen molar-refractivity contribution in [2.24, 2.45) is 0 Å². The van der Waals surface area contributed by atoms with Crippen LogP contribution in [0.2, 0.25) is 0 Å². The highest BCUT2D eigenvalue weighted by molar-refractivity contribution is 5.87. The third-order valence-corrected chi connectivity index (χ3v) is 2.08. The van der Waals surface area contributed by atoms with Gasteiger partial charge >= 0.3 is 5.97 Å². The van der Waals surface area contributed by atoms with Gasteiger partial charge in [-0.2, -0.15) is 0 Å². The fourth-order valence-electron chi connectivity index (χ4n) is 1.24. The van der Waals surface area contributed by atoms with E-state index in [0.29, 0.717) is 5.56 Å². The van der Waals surface area contributed by atoms with Crippen LogP contribution in [0.15, 0.2) is 42.5 Å². The van der Waals surface area contributed by atoms with Crippen LogP contribution in [0.4, 0.5) is 0 Å². The third kappa shape index (κ3) is 4.06. The first-order valence-electron chi connectivity index (χ1n) is 5.04. The topological polar surface area (TPSA) is 69.4 Å². The van der Waals surface area contributed by atoms with Crippen LogP contribution in [-0.2, 0) is 9.53 Å². The van der Waals surface area contributed by atoms with E-state index in [1.54, 1.807) is 30.3 Å². The largest absolute Gasteiger partial charge is 0.447 e. The molecule has 0 bridgehead atoms. The average Bonchev–Trinajstić information content (AvgIpc) is 2.28. The summed E-state index contributed by atoms with van der Waals surface area (Å²) in [5, 5.41) is 10.5. The summed E-state index contributed by atoms with van der Waals surface area (Å²) in [4.78, 5) is 21.4. The third-order valence-electron chi connectivity index (χ3n) is 2.08. The molecule has 0 radical (unpaired) electrons. The normalized spacial score (nSPS) is 11.6. The number of carbonyl (C=O) groups is 1. The molecule has 0 N–H and O–H groups in total. The molecule has 90 valence electrons. The monoisotopic (exact) mass is 235 g/mol. The number of nitro groups is 1. The van der Waals surface area contributed by atoms with Crippen molar-refractivity contribution in [2.75, 3.05) is 6.54 Å². The van der Waals surface area contributed by atoms with Crippen molar-refractivity contribution in [3.8, 4) is 0 Å². The lowest BCUT2D eigenvalue weighted by molar-refractivity contribution is -0.491. The number of ether oxygens (including phenoxy) is 1. The first-order chi connectivity index (χ1) is 8.00. The van der Waals surface area contributed by atoms with Gasteiger partial charge in [-0.15, -0.1) is 0 Å². The van der Waals surface area contributed by atoms with Gasteiger partial charge in [0.1, 0.15) is 0 Å². The summed E-state index contributed by atoms with van der Waals surface area (Å²) in [6, 6.07) is 8.61. The molecule has 0 saturated carbocycles. The second-order valence-electron chi connectivity index (χ2n) is 3.60. The van der Waals surface area contributed by atoms with E-state index < -0.39 is 23.5 Å². The predicted octanol–water partition coefficient (Wildman–Crippen LogP) is 2.12. The highest BCUT2D eigenvalue weighted by Crippen LogP contribution is 2.18. The smallest absolute Gasteiger partial charge is 0.333 e. The van der Waals surface area contributed by atoms with Gasteiger partial charge in [0.25, 0.3) is 0 Å². The number of rotatable bonds is 5. The molecule has 0 aliphatic rings. The van der Waals surface area contributed by atoms with Gasteiger partial charge < -0.3 is 4.74 Å². The molecule has 0 aliphatic carbocycles. The van der Waals surface area contributed by atoms with Crippen LogP contribution in [-0.4, -0.2) is 17.4 Å². The van der Waals surface area contributed by atoms with E-state index in [-0.39, 0.29) is 5.57 Å².